The first-order chi connectivity index (χ1) is 17.4. The van der Waals surface area contributed by atoms with Gasteiger partial charge in [0.25, 0.3) is 5.69 Å². The Hall–Kier alpha value is -3.99. The van der Waals surface area contributed by atoms with Gasteiger partial charge in [0.05, 0.1) is 22.7 Å². The maximum atomic E-state index is 13.4. The van der Waals surface area contributed by atoms with Gasteiger partial charge in [-0.25, -0.2) is 9.59 Å². The first-order valence-electron chi connectivity index (χ1n) is 11.9. The van der Waals surface area contributed by atoms with E-state index in [1.807, 2.05) is 0 Å². The standard InChI is InChI=1S/C26H31N2O9/c1-5-34-23(29)19-10-14-22(15-11-19)37-28(25(31)36-26(2,3)4)16-6-7-21(28)17-35-24(30)18-8-12-20(13-9-18)27(32)33/h8-15,21H,5-7,16-17H2,1-4H3/q+1. The van der Waals surface area contributed by atoms with Crippen molar-refractivity contribution in [3.8, 4) is 5.75 Å². The highest BCUT2D eigenvalue weighted by Gasteiger charge is 2.55. The van der Waals surface area contributed by atoms with Crippen LogP contribution in [0.2, 0.25) is 0 Å². The first-order valence-corrected chi connectivity index (χ1v) is 11.9. The molecule has 1 saturated heterocycles. The molecule has 37 heavy (non-hydrogen) atoms. The number of esters is 2. The van der Waals surface area contributed by atoms with Crippen molar-refractivity contribution in [3.63, 3.8) is 0 Å². The van der Waals surface area contributed by atoms with E-state index in [4.69, 9.17) is 19.0 Å². The summed E-state index contributed by atoms with van der Waals surface area (Å²) >= 11 is 0. The molecule has 2 atom stereocenters. The van der Waals surface area contributed by atoms with Crippen LogP contribution in [-0.2, 0) is 14.2 Å². The van der Waals surface area contributed by atoms with Crippen molar-refractivity contribution >= 4 is 23.7 Å². The summed E-state index contributed by atoms with van der Waals surface area (Å²) in [7, 11) is 0. The van der Waals surface area contributed by atoms with Crippen LogP contribution < -0.4 is 4.84 Å². The third kappa shape index (κ3) is 6.82. The molecule has 2 aromatic carbocycles. The zero-order valence-electron chi connectivity index (χ0n) is 21.3. The fourth-order valence-electron chi connectivity index (χ4n) is 3.92. The Kier molecular flexibility index (Phi) is 8.49. The van der Waals surface area contributed by atoms with Crippen molar-refractivity contribution in [2.75, 3.05) is 19.8 Å². The van der Waals surface area contributed by atoms with Gasteiger partial charge < -0.3 is 19.0 Å². The van der Waals surface area contributed by atoms with E-state index < -0.39 is 39.2 Å². The minimum absolute atomic E-state index is 0.143. The molecule has 1 fully saturated rings. The summed E-state index contributed by atoms with van der Waals surface area (Å²) in [6, 6.07) is 10.7. The fourth-order valence-corrected chi connectivity index (χ4v) is 3.92. The Labute approximate surface area is 214 Å². The third-order valence-corrected chi connectivity index (χ3v) is 5.67. The highest BCUT2D eigenvalue weighted by Crippen LogP contribution is 2.33. The number of carbonyl (C=O) groups is 3. The quantitative estimate of drug-likeness (QED) is 0.159. The molecule has 3 rings (SSSR count). The van der Waals surface area contributed by atoms with E-state index in [2.05, 4.69) is 0 Å². The predicted molar refractivity (Wildman–Crippen MR) is 131 cm³/mol. The lowest BCUT2D eigenvalue weighted by Gasteiger charge is -2.34. The van der Waals surface area contributed by atoms with Gasteiger partial charge in [-0.3, -0.25) is 10.1 Å². The van der Waals surface area contributed by atoms with Crippen LogP contribution in [0.25, 0.3) is 0 Å². The van der Waals surface area contributed by atoms with E-state index in [0.29, 0.717) is 24.2 Å². The molecule has 1 aliphatic rings. The lowest BCUT2D eigenvalue weighted by Crippen LogP contribution is -2.61. The Morgan fingerprint density at radius 3 is 2.08 bits per heavy atom. The number of non-ortho nitro benzene ring substituents is 1. The van der Waals surface area contributed by atoms with Gasteiger partial charge in [-0.15, -0.1) is 0 Å². The number of likely N-dealkylation sites (tertiary alicyclic amines) is 1. The average Bonchev–Trinajstić information content (AvgIpc) is 3.25. The van der Waals surface area contributed by atoms with Crippen LogP contribution in [0, 0.1) is 10.1 Å². The van der Waals surface area contributed by atoms with Crippen LogP contribution in [0.3, 0.4) is 0 Å². The fraction of sp³-hybridized carbons (Fsp3) is 0.423. The van der Waals surface area contributed by atoms with Crippen molar-refractivity contribution in [1.29, 1.82) is 0 Å². The highest BCUT2D eigenvalue weighted by molar-refractivity contribution is 5.90. The maximum Gasteiger partial charge on any atom is 0.559 e. The molecular weight excluding hydrogens is 484 g/mol. The molecule has 0 bridgehead atoms. The number of hydrogen-bond acceptors (Lipinski definition) is 9. The van der Waals surface area contributed by atoms with Crippen LogP contribution in [0.15, 0.2) is 48.5 Å². The Balaban J connectivity index is 1.81. The highest BCUT2D eigenvalue weighted by atomic mass is 16.8. The number of rotatable bonds is 8. The molecule has 0 N–H and O–H groups in total. The van der Waals surface area contributed by atoms with Crippen LogP contribution in [0.5, 0.6) is 5.75 Å². The zero-order chi connectivity index (χ0) is 27.2. The molecule has 1 aliphatic heterocycles. The Bertz CT molecular complexity index is 1140. The predicted octanol–water partition coefficient (Wildman–Crippen LogP) is 4.84. The minimum Gasteiger partial charge on any atom is -0.462 e. The number of nitro benzene ring substituents is 1. The number of quaternary nitrogens is 1. The van der Waals surface area contributed by atoms with Crippen LogP contribution >= 0.6 is 0 Å². The summed E-state index contributed by atoms with van der Waals surface area (Å²) in [4.78, 5) is 54.5. The van der Waals surface area contributed by atoms with Crippen molar-refractivity contribution in [2.45, 2.75) is 52.2 Å². The van der Waals surface area contributed by atoms with Crippen molar-refractivity contribution in [2.24, 2.45) is 0 Å². The van der Waals surface area contributed by atoms with Gasteiger partial charge in [-0.1, -0.05) is 0 Å². The number of nitro groups is 1. The van der Waals surface area contributed by atoms with Crippen LogP contribution in [-0.4, -0.2) is 59.0 Å². The van der Waals surface area contributed by atoms with Crippen molar-refractivity contribution in [1.82, 2.24) is 0 Å². The Morgan fingerprint density at radius 2 is 1.54 bits per heavy atom. The molecule has 198 valence electrons. The molecule has 2 aromatic rings. The molecule has 11 nitrogen and oxygen atoms in total. The monoisotopic (exact) mass is 515 g/mol. The molecule has 2 unspecified atom stereocenters. The smallest absolute Gasteiger partial charge is 0.462 e. The van der Waals surface area contributed by atoms with Crippen LogP contribution in [0.4, 0.5) is 10.5 Å². The van der Waals surface area contributed by atoms with Gasteiger partial charge in [0.15, 0.2) is 11.8 Å². The summed E-state index contributed by atoms with van der Waals surface area (Å²) in [6.07, 6.45) is 0.504. The lowest BCUT2D eigenvalue weighted by atomic mass is 10.2. The minimum atomic E-state index is -0.790. The van der Waals surface area contributed by atoms with Gasteiger partial charge in [0.2, 0.25) is 0 Å². The topological polar surface area (TPSA) is 131 Å². The molecular formula is C26H31N2O9+. The second kappa shape index (κ2) is 11.4. The molecule has 1 amide bonds. The van der Waals surface area contributed by atoms with Gasteiger partial charge in [-0.2, -0.15) is 4.79 Å². The molecule has 0 spiro atoms. The van der Waals surface area contributed by atoms with Gasteiger partial charge in [0, 0.05) is 25.0 Å². The molecule has 0 aromatic heterocycles. The summed E-state index contributed by atoms with van der Waals surface area (Å²) in [5.74, 6) is -0.822. The Morgan fingerprint density at radius 1 is 0.973 bits per heavy atom. The zero-order valence-corrected chi connectivity index (χ0v) is 21.3. The average molecular weight is 516 g/mol. The normalized spacial score (nSPS) is 19.1. The van der Waals surface area contributed by atoms with E-state index in [9.17, 15) is 24.5 Å². The first kappa shape index (κ1) is 27.6. The summed E-state index contributed by atoms with van der Waals surface area (Å²) in [5.41, 5.74) is -0.444. The lowest BCUT2D eigenvalue weighted by molar-refractivity contribution is -1.03. The summed E-state index contributed by atoms with van der Waals surface area (Å²) in [5, 5.41) is 10.9. The largest absolute Gasteiger partial charge is 0.559 e. The molecule has 0 aliphatic carbocycles. The number of amides is 1. The van der Waals surface area contributed by atoms with E-state index >= 15 is 0 Å². The van der Waals surface area contributed by atoms with E-state index in [1.54, 1.807) is 52.0 Å². The van der Waals surface area contributed by atoms with Crippen LogP contribution in [0.1, 0.15) is 61.3 Å². The number of nitrogens with zero attached hydrogens (tertiary/aromatic N) is 2. The van der Waals surface area contributed by atoms with Gasteiger partial charge in [-0.05, 0) is 68.7 Å². The molecule has 0 radical (unpaired) electrons. The number of ether oxygens (including phenoxy) is 3. The van der Waals surface area contributed by atoms with E-state index in [-0.39, 0.29) is 31.0 Å². The number of hydroxylamine groups is 3. The van der Waals surface area contributed by atoms with Crippen molar-refractivity contribution in [3.05, 3.63) is 69.8 Å². The number of hydrogen-bond donors (Lipinski definition) is 0. The van der Waals surface area contributed by atoms with Crippen molar-refractivity contribution < 1.29 is 43.0 Å². The van der Waals surface area contributed by atoms with Gasteiger partial charge >= 0.3 is 18.0 Å². The second-order valence-electron chi connectivity index (χ2n) is 9.53. The SMILES string of the molecule is CCOC(=O)c1ccc(O[N+]2(C(=O)OC(C)(C)C)CCCC2COC(=O)c2ccc([N+](=O)[O-])cc2)cc1. The van der Waals surface area contributed by atoms with Gasteiger partial charge in [0.1, 0.15) is 18.8 Å². The maximum absolute atomic E-state index is 13.4. The third-order valence-electron chi connectivity index (χ3n) is 5.67. The van der Waals surface area contributed by atoms with E-state index in [0.717, 1.165) is 0 Å². The number of benzene rings is 2. The molecule has 0 saturated carbocycles. The summed E-state index contributed by atoms with van der Waals surface area (Å²) in [6.45, 7) is 7.34. The van der Waals surface area contributed by atoms with E-state index in [1.165, 1.54) is 24.3 Å². The summed E-state index contributed by atoms with van der Waals surface area (Å²) < 4.78 is 15.6. The molecule has 1 heterocycles. The second-order valence-corrected chi connectivity index (χ2v) is 9.53. The molecule has 11 heteroatoms. The number of carbonyl (C=O) groups excluding carboxylic acids is 3.